The van der Waals surface area contributed by atoms with Crippen molar-refractivity contribution in [1.29, 1.82) is 4.78 Å². The molecule has 5 rings (SSSR count). The molecule has 0 radical (unpaired) electrons. The second-order valence-electron chi connectivity index (χ2n) is 9.19. The Hall–Kier alpha value is -2.36. The first-order chi connectivity index (χ1) is 16.1. The van der Waals surface area contributed by atoms with Gasteiger partial charge in [-0.25, -0.2) is 23.3 Å². The van der Waals surface area contributed by atoms with Gasteiger partial charge in [0, 0.05) is 24.2 Å². The van der Waals surface area contributed by atoms with E-state index in [4.69, 9.17) is 22.1 Å². The fourth-order valence-corrected chi connectivity index (χ4v) is 7.30. The number of fused-ring (bicyclic) bond motifs is 1. The minimum Gasteiger partial charge on any atom is -0.381 e. The lowest BCUT2D eigenvalue weighted by atomic mass is 9.76. The van der Waals surface area contributed by atoms with Crippen molar-refractivity contribution in [1.82, 2.24) is 9.97 Å². The first-order valence-electron chi connectivity index (χ1n) is 11.0. The van der Waals surface area contributed by atoms with Gasteiger partial charge in [-0.05, 0) is 66.5 Å². The molecular weight excluding hydrogens is 493 g/mol. The fourth-order valence-electron chi connectivity index (χ4n) is 4.95. The molecule has 0 bridgehead atoms. The third kappa shape index (κ3) is 4.48. The highest BCUT2D eigenvalue weighted by molar-refractivity contribution is 7.99. The Morgan fingerprint density at radius 2 is 1.94 bits per heavy atom. The number of nitrogen functional groups attached to an aromatic ring is 1. The summed E-state index contributed by atoms with van der Waals surface area (Å²) in [7, 11) is -2.95. The van der Waals surface area contributed by atoms with Crippen molar-refractivity contribution in [3.63, 3.8) is 0 Å². The zero-order valence-corrected chi connectivity index (χ0v) is 21.1. The Labute approximate surface area is 208 Å². The number of hydrogen-bond donors (Lipinski definition) is 2. The summed E-state index contributed by atoms with van der Waals surface area (Å²) in [4.78, 5) is 12.2. The lowest BCUT2D eigenvalue weighted by Gasteiger charge is -2.39. The van der Waals surface area contributed by atoms with E-state index in [0.717, 1.165) is 50.2 Å². The van der Waals surface area contributed by atoms with E-state index in [1.165, 1.54) is 23.6 Å². The smallest absolute Gasteiger partial charge is 0.158 e. The van der Waals surface area contributed by atoms with Crippen LogP contribution in [0.5, 0.6) is 0 Å². The average molecular weight is 518 g/mol. The van der Waals surface area contributed by atoms with Gasteiger partial charge in [0.1, 0.15) is 16.7 Å². The Morgan fingerprint density at radius 3 is 2.65 bits per heavy atom. The highest BCUT2D eigenvalue weighted by Crippen LogP contribution is 2.45. The third-order valence-corrected chi connectivity index (χ3v) is 9.63. The Morgan fingerprint density at radius 1 is 1.21 bits per heavy atom. The van der Waals surface area contributed by atoms with Crippen LogP contribution in [0.2, 0.25) is 5.02 Å². The number of aromatic nitrogens is 2. The van der Waals surface area contributed by atoms with E-state index in [1.807, 2.05) is 6.07 Å². The fraction of sp³-hybridized carbons (Fsp3) is 0.333. The molecule has 1 spiro atoms. The molecule has 2 aromatic carbocycles. The molecule has 0 amide bonds. The second-order valence-corrected chi connectivity index (χ2v) is 12.7. The van der Waals surface area contributed by atoms with Crippen LogP contribution in [0.15, 0.2) is 57.4 Å². The molecule has 1 saturated heterocycles. The Kier molecular flexibility index (Phi) is 5.98. The molecule has 3 aromatic rings. The number of piperidine rings is 1. The lowest BCUT2D eigenvalue weighted by molar-refractivity contribution is 0.232. The van der Waals surface area contributed by atoms with Crippen molar-refractivity contribution in [3.05, 3.63) is 64.6 Å². The van der Waals surface area contributed by atoms with Crippen molar-refractivity contribution < 1.29 is 8.60 Å². The van der Waals surface area contributed by atoms with Gasteiger partial charge in [0.05, 0.1) is 25.8 Å². The number of nitrogens with two attached hydrogens (primary N) is 1. The van der Waals surface area contributed by atoms with E-state index in [-0.39, 0.29) is 16.3 Å². The molecule has 1 unspecified atom stereocenters. The minimum absolute atomic E-state index is 0.159. The zero-order chi connectivity index (χ0) is 24.1. The van der Waals surface area contributed by atoms with E-state index in [0.29, 0.717) is 20.6 Å². The SMILES string of the molecule is CS(=N)(=O)c1cccc(Sc2ncc(N3CCC4(CC3)Cc3ccc(F)cc3C4)nc2N)c1Cl. The first-order valence-corrected chi connectivity index (χ1v) is 14.1. The van der Waals surface area contributed by atoms with Crippen LogP contribution in [0, 0.1) is 16.0 Å². The number of benzene rings is 2. The van der Waals surface area contributed by atoms with Crippen LogP contribution in [0.3, 0.4) is 0 Å². The van der Waals surface area contributed by atoms with Gasteiger partial charge in [-0.2, -0.15) is 0 Å². The van der Waals surface area contributed by atoms with E-state index < -0.39 is 9.73 Å². The van der Waals surface area contributed by atoms with E-state index >= 15 is 0 Å². The lowest BCUT2D eigenvalue weighted by Crippen LogP contribution is -2.41. The number of nitrogens with one attached hydrogen (secondary N) is 1. The van der Waals surface area contributed by atoms with Crippen molar-refractivity contribution >= 4 is 44.7 Å². The molecule has 0 saturated carbocycles. The maximum Gasteiger partial charge on any atom is 0.158 e. The van der Waals surface area contributed by atoms with E-state index in [1.54, 1.807) is 36.5 Å². The first kappa shape index (κ1) is 23.4. The molecular formula is C24H25ClFN5OS2. The largest absolute Gasteiger partial charge is 0.381 e. The molecule has 34 heavy (non-hydrogen) atoms. The molecule has 10 heteroatoms. The van der Waals surface area contributed by atoms with Crippen LogP contribution in [-0.4, -0.2) is 33.5 Å². The van der Waals surface area contributed by atoms with Gasteiger partial charge in [0.15, 0.2) is 5.82 Å². The van der Waals surface area contributed by atoms with Gasteiger partial charge in [-0.3, -0.25) is 0 Å². The second kappa shape index (κ2) is 8.70. The molecule has 1 aliphatic carbocycles. The summed E-state index contributed by atoms with van der Waals surface area (Å²) in [6, 6.07) is 10.3. The highest BCUT2D eigenvalue weighted by atomic mass is 35.5. The number of halogens is 2. The van der Waals surface area contributed by atoms with Crippen molar-refractivity contribution in [3.8, 4) is 0 Å². The van der Waals surface area contributed by atoms with Crippen LogP contribution in [0.1, 0.15) is 24.0 Å². The topological polar surface area (TPSA) is 96.0 Å². The van der Waals surface area contributed by atoms with Gasteiger partial charge in [-0.1, -0.05) is 35.5 Å². The summed E-state index contributed by atoms with van der Waals surface area (Å²) in [5, 5.41) is 0.788. The zero-order valence-electron chi connectivity index (χ0n) is 18.7. The van der Waals surface area contributed by atoms with Crippen molar-refractivity contribution in [2.75, 3.05) is 30.0 Å². The number of hydrogen-bond acceptors (Lipinski definition) is 7. The number of anilines is 2. The van der Waals surface area contributed by atoms with Gasteiger partial charge in [0.2, 0.25) is 0 Å². The van der Waals surface area contributed by atoms with E-state index in [2.05, 4.69) is 14.9 Å². The minimum atomic E-state index is -2.95. The normalized spacial score (nSPS) is 18.6. The summed E-state index contributed by atoms with van der Waals surface area (Å²) in [6.45, 7) is 1.69. The van der Waals surface area contributed by atoms with Gasteiger partial charge < -0.3 is 10.6 Å². The van der Waals surface area contributed by atoms with Crippen molar-refractivity contribution in [2.24, 2.45) is 5.41 Å². The summed E-state index contributed by atoms with van der Waals surface area (Å²) >= 11 is 7.66. The number of rotatable bonds is 4. The van der Waals surface area contributed by atoms with E-state index in [9.17, 15) is 8.60 Å². The van der Waals surface area contributed by atoms with Crippen LogP contribution in [0.25, 0.3) is 0 Å². The van der Waals surface area contributed by atoms with Crippen LogP contribution in [-0.2, 0) is 22.6 Å². The average Bonchev–Trinajstić information content (AvgIpc) is 3.12. The molecule has 2 heterocycles. The maximum atomic E-state index is 13.6. The molecule has 1 aromatic heterocycles. The molecule has 6 nitrogen and oxygen atoms in total. The predicted molar refractivity (Wildman–Crippen MR) is 135 cm³/mol. The van der Waals surface area contributed by atoms with Gasteiger partial charge >= 0.3 is 0 Å². The summed E-state index contributed by atoms with van der Waals surface area (Å²) in [6.07, 6.45) is 7.01. The third-order valence-electron chi connectivity index (χ3n) is 6.75. The summed E-state index contributed by atoms with van der Waals surface area (Å²) in [5.74, 6) is 0.880. The maximum absolute atomic E-state index is 13.6. The monoisotopic (exact) mass is 517 g/mol. The van der Waals surface area contributed by atoms with Crippen LogP contribution >= 0.6 is 23.4 Å². The Balaban J connectivity index is 1.28. The standard InChI is InChI=1S/C24H25ClFN5OS2/c1-34(28,32)19-4-2-3-18(21(19)25)33-23-22(27)30-20(14-29-23)31-9-7-24(8-10-31)12-15-5-6-17(26)11-16(15)13-24/h2-6,11,14,28H,7-10,12-13H2,1H3,(H2,27,30). The molecule has 178 valence electrons. The van der Waals surface area contributed by atoms with Crippen LogP contribution < -0.4 is 10.6 Å². The predicted octanol–water partition coefficient (Wildman–Crippen LogP) is 5.42. The molecule has 1 atom stereocenters. The summed E-state index contributed by atoms with van der Waals surface area (Å²) < 4.78 is 33.6. The van der Waals surface area contributed by atoms with Gasteiger partial charge in [-0.15, -0.1) is 0 Å². The van der Waals surface area contributed by atoms with Crippen LogP contribution in [0.4, 0.5) is 16.0 Å². The molecule has 1 aliphatic heterocycles. The Bertz CT molecular complexity index is 1370. The number of nitrogens with zero attached hydrogens (tertiary/aromatic N) is 3. The highest BCUT2D eigenvalue weighted by Gasteiger charge is 2.40. The molecule has 1 fully saturated rings. The summed E-state index contributed by atoms with van der Waals surface area (Å²) in [5.41, 5.74) is 8.85. The molecule has 3 N–H and O–H groups in total. The van der Waals surface area contributed by atoms with Crippen molar-refractivity contribution in [2.45, 2.75) is 40.5 Å². The van der Waals surface area contributed by atoms with Gasteiger partial charge in [0.25, 0.3) is 0 Å². The quantitative estimate of drug-likeness (QED) is 0.479. The molecule has 2 aliphatic rings.